The number of aryl methyl sites for hydroxylation is 1. The van der Waals surface area contributed by atoms with Gasteiger partial charge in [0.15, 0.2) is 17.5 Å². The van der Waals surface area contributed by atoms with E-state index in [1.165, 1.54) is 49.9 Å². The number of anilines is 4. The largest absolute Gasteiger partial charge is 0.478 e. The van der Waals surface area contributed by atoms with Crippen molar-refractivity contribution in [3.63, 3.8) is 0 Å². The standard InChI is InChI=1S/C23H21ClFN5O2.C23H20N4O2.C20H20N4O3/c1-30(2)9-3-4-20-26-12-16-15-7-5-13(23(31)32)10-19(15)28-22(21(16)29-20)27-14-6-8-18(25)17(24)11-14;28-23(29)16-8-9-17-18-13-24-20(10-14-6-7-14)27-21(18)22(26-19(17)11-16)25-12-15-4-2-1-3-5-15;25-20(26)13-3-4-14-15-11-21-17(9-12-1-2-12)23-18(15)19(22-16(14)10-13)24-5-7-27-8-6-24/h5-8,10-12H,3-4,9H2,1-2H3,(H,27,28)(H,31,32);1-5,8-9,11,13-14H,6-7,10,12H2,(H,25,26)(H,28,29);3-4,10-12H,1-2,5-9H2,(H,25,26). The molecule has 11 aromatic rings. The molecule has 0 atom stereocenters. The number of ether oxygens (including phenoxy) is 1. The van der Waals surface area contributed by atoms with Crippen molar-refractivity contribution in [1.82, 2.24) is 49.8 Å². The Morgan fingerprint density at radius 2 is 1.10 bits per heavy atom. The van der Waals surface area contributed by atoms with Gasteiger partial charge in [-0.2, -0.15) is 0 Å². The number of rotatable bonds is 17. The van der Waals surface area contributed by atoms with Gasteiger partial charge in [-0.05, 0) is 125 Å². The number of hydrogen-bond acceptors (Lipinski definition) is 17. The molecule has 3 fully saturated rings. The molecule has 1 aliphatic heterocycles. The molecule has 1 saturated heterocycles. The van der Waals surface area contributed by atoms with Crippen LogP contribution in [0.3, 0.4) is 0 Å². The van der Waals surface area contributed by atoms with Crippen LogP contribution in [0.1, 0.15) is 86.2 Å². The Balaban J connectivity index is 0.000000129. The van der Waals surface area contributed by atoms with E-state index in [1.54, 1.807) is 54.7 Å². The first-order chi connectivity index (χ1) is 42.7. The molecular weight excluding hydrogens is 1140 g/mol. The Kier molecular flexibility index (Phi) is 17.1. The summed E-state index contributed by atoms with van der Waals surface area (Å²) in [6, 6.07) is 29.1. The van der Waals surface area contributed by atoms with Crippen LogP contribution in [0.4, 0.5) is 27.5 Å². The quantitative estimate of drug-likeness (QED) is 0.0530. The van der Waals surface area contributed by atoms with E-state index in [4.69, 9.17) is 41.3 Å². The number of nitrogens with zero attached hydrogens (tertiary/aromatic N) is 11. The number of hydrogen-bond donors (Lipinski definition) is 5. The Hall–Kier alpha value is -9.70. The Morgan fingerprint density at radius 1 is 0.602 bits per heavy atom. The van der Waals surface area contributed by atoms with Crippen LogP contribution in [0, 0.1) is 17.7 Å². The van der Waals surface area contributed by atoms with E-state index in [-0.39, 0.29) is 21.7 Å². The highest BCUT2D eigenvalue weighted by molar-refractivity contribution is 6.31. The van der Waals surface area contributed by atoms with Gasteiger partial charge >= 0.3 is 17.9 Å². The van der Waals surface area contributed by atoms with Gasteiger partial charge in [-0.1, -0.05) is 60.1 Å². The average molecular weight is 1200 g/mol. The second kappa shape index (κ2) is 25.7. The van der Waals surface area contributed by atoms with Gasteiger partial charge in [0.05, 0.1) is 51.5 Å². The summed E-state index contributed by atoms with van der Waals surface area (Å²) >= 11 is 5.93. The molecule has 3 aliphatic rings. The minimum absolute atomic E-state index is 0.0211. The topological polar surface area (TPSA) is 268 Å². The molecule has 88 heavy (non-hydrogen) atoms. The molecule has 5 aromatic carbocycles. The summed E-state index contributed by atoms with van der Waals surface area (Å²) in [4.78, 5) is 80.7. The molecule has 2 saturated carbocycles. The normalized spacial score (nSPS) is 14.0. The van der Waals surface area contributed by atoms with Gasteiger partial charge in [-0.15, -0.1) is 0 Å². The summed E-state index contributed by atoms with van der Waals surface area (Å²) < 4.78 is 19.1. The highest BCUT2D eigenvalue weighted by Gasteiger charge is 2.26. The van der Waals surface area contributed by atoms with Gasteiger partial charge in [0.25, 0.3) is 0 Å². The minimum Gasteiger partial charge on any atom is -0.478 e. The zero-order valence-corrected chi connectivity index (χ0v) is 49.0. The van der Waals surface area contributed by atoms with Crippen molar-refractivity contribution in [2.45, 2.75) is 57.9 Å². The predicted molar refractivity (Wildman–Crippen MR) is 337 cm³/mol. The number of carboxylic acids is 3. The summed E-state index contributed by atoms with van der Waals surface area (Å²) in [6.07, 6.45) is 13.9. The van der Waals surface area contributed by atoms with Crippen molar-refractivity contribution >= 4 is 118 Å². The van der Waals surface area contributed by atoms with Gasteiger partial charge in [-0.3, -0.25) is 0 Å². The molecule has 446 valence electrons. The van der Waals surface area contributed by atoms with Gasteiger partial charge in [-0.25, -0.2) is 63.6 Å². The summed E-state index contributed by atoms with van der Waals surface area (Å²) in [5.74, 6) is 2.16. The molecule has 5 N–H and O–H groups in total. The van der Waals surface area contributed by atoms with Crippen molar-refractivity contribution < 1.29 is 38.8 Å². The summed E-state index contributed by atoms with van der Waals surface area (Å²) in [6.45, 7) is 4.30. The number of pyridine rings is 3. The van der Waals surface area contributed by atoms with E-state index in [0.29, 0.717) is 83.2 Å². The fourth-order valence-electron chi connectivity index (χ4n) is 10.6. The number of aromatic nitrogens is 9. The first-order valence-corrected chi connectivity index (χ1v) is 29.5. The smallest absolute Gasteiger partial charge is 0.335 e. The van der Waals surface area contributed by atoms with Gasteiger partial charge in [0.1, 0.15) is 39.8 Å². The third-order valence-corrected chi connectivity index (χ3v) is 15.9. The molecular formula is C66H61ClFN13O7. The van der Waals surface area contributed by atoms with E-state index in [0.717, 1.165) is 105 Å². The van der Waals surface area contributed by atoms with Crippen molar-refractivity contribution in [3.8, 4) is 0 Å². The fourth-order valence-corrected chi connectivity index (χ4v) is 10.8. The zero-order chi connectivity index (χ0) is 61.0. The van der Waals surface area contributed by atoms with E-state index in [2.05, 4.69) is 40.4 Å². The lowest BCUT2D eigenvalue weighted by Gasteiger charge is -2.28. The molecule has 2 aliphatic carbocycles. The van der Waals surface area contributed by atoms with Crippen molar-refractivity contribution in [1.29, 1.82) is 0 Å². The van der Waals surface area contributed by atoms with Crippen LogP contribution in [-0.4, -0.2) is 130 Å². The van der Waals surface area contributed by atoms with Crippen LogP contribution in [0.2, 0.25) is 5.02 Å². The first-order valence-electron chi connectivity index (χ1n) is 29.1. The number of carbonyl (C=O) groups is 3. The van der Waals surface area contributed by atoms with Gasteiger partial charge in [0, 0.05) is 95.5 Å². The monoisotopic (exact) mass is 1200 g/mol. The van der Waals surface area contributed by atoms with Gasteiger partial charge < -0.3 is 40.5 Å². The maximum Gasteiger partial charge on any atom is 0.335 e. The molecule has 7 heterocycles. The van der Waals surface area contributed by atoms with Crippen molar-refractivity contribution in [3.05, 3.63) is 172 Å². The Morgan fingerprint density at radius 3 is 1.64 bits per heavy atom. The number of benzene rings is 5. The highest BCUT2D eigenvalue weighted by Crippen LogP contribution is 2.37. The van der Waals surface area contributed by atoms with E-state index in [9.17, 15) is 34.1 Å². The van der Waals surface area contributed by atoms with Crippen molar-refractivity contribution in [2.75, 3.05) is 62.5 Å². The number of nitrogens with one attached hydrogen (secondary N) is 2. The average Bonchev–Trinajstić information content (AvgIpc) is 1.43. The summed E-state index contributed by atoms with van der Waals surface area (Å²) in [7, 11) is 4.02. The molecule has 0 unspecified atom stereocenters. The maximum absolute atomic E-state index is 13.6. The molecule has 0 bridgehead atoms. The minimum atomic E-state index is -1.04. The second-order valence-corrected chi connectivity index (χ2v) is 22.9. The SMILES string of the molecule is CN(C)CCCc1ncc2c(n1)c(Nc1ccc(F)c(Cl)c1)nc1cc(C(=O)O)ccc12.O=C(O)c1ccc2c(c1)nc(N1CCOCC1)c1nc(CC3CC3)ncc12.O=C(O)c1ccc2c(c1)nc(NCc1ccccc1)c1nc(CC3CC3)ncc12. The second-order valence-electron chi connectivity index (χ2n) is 22.5. The lowest BCUT2D eigenvalue weighted by Crippen LogP contribution is -2.37. The molecule has 0 amide bonds. The molecule has 20 nitrogen and oxygen atoms in total. The zero-order valence-electron chi connectivity index (χ0n) is 48.3. The van der Waals surface area contributed by atoms with Gasteiger partial charge in [0.2, 0.25) is 0 Å². The number of carboxylic acid groups (broad SMARTS) is 3. The summed E-state index contributed by atoms with van der Waals surface area (Å²) in [5, 5.41) is 39.5. The molecule has 0 radical (unpaired) electrons. The number of aromatic carboxylic acids is 3. The van der Waals surface area contributed by atoms with E-state index in [1.807, 2.05) is 56.8 Å². The lowest BCUT2D eigenvalue weighted by molar-refractivity contribution is 0.0686. The Labute approximate surface area is 508 Å². The first kappa shape index (κ1) is 58.7. The van der Waals surface area contributed by atoms with Crippen LogP contribution in [0.15, 0.2) is 122 Å². The van der Waals surface area contributed by atoms with Crippen LogP contribution in [0.25, 0.3) is 65.4 Å². The van der Waals surface area contributed by atoms with E-state index < -0.39 is 23.7 Å². The summed E-state index contributed by atoms with van der Waals surface area (Å²) in [5.41, 5.74) is 6.21. The van der Waals surface area contributed by atoms with Crippen LogP contribution >= 0.6 is 11.6 Å². The molecule has 6 aromatic heterocycles. The van der Waals surface area contributed by atoms with E-state index >= 15 is 0 Å². The molecule has 22 heteroatoms. The third kappa shape index (κ3) is 13.6. The fraction of sp³-hybridized carbons (Fsp3) is 0.273. The van der Waals surface area contributed by atoms with Crippen LogP contribution < -0.4 is 15.5 Å². The lowest BCUT2D eigenvalue weighted by atomic mass is 10.1. The number of halogens is 2. The van der Waals surface area contributed by atoms with Crippen LogP contribution in [0.5, 0.6) is 0 Å². The third-order valence-electron chi connectivity index (χ3n) is 15.6. The van der Waals surface area contributed by atoms with Crippen molar-refractivity contribution in [2.24, 2.45) is 11.8 Å². The maximum atomic E-state index is 13.6. The number of morpholine rings is 1. The number of fused-ring (bicyclic) bond motifs is 9. The predicted octanol–water partition coefficient (Wildman–Crippen LogP) is 12.0. The molecule has 14 rings (SSSR count). The Bertz CT molecular complexity index is 4490. The highest BCUT2D eigenvalue weighted by atomic mass is 35.5. The van der Waals surface area contributed by atoms with Crippen LogP contribution in [-0.2, 0) is 30.5 Å². The molecule has 0 spiro atoms.